The summed E-state index contributed by atoms with van der Waals surface area (Å²) in [7, 11) is 1.58. The Bertz CT molecular complexity index is 1290. The van der Waals surface area contributed by atoms with Crippen LogP contribution in [0.2, 0.25) is 0 Å². The first-order valence-corrected chi connectivity index (χ1v) is 11.1. The summed E-state index contributed by atoms with van der Waals surface area (Å²) in [5.74, 6) is -0.871. The maximum Gasteiger partial charge on any atom is 0.300 e. The zero-order valence-electron chi connectivity index (χ0n) is 19.6. The number of anilines is 1. The van der Waals surface area contributed by atoms with Crippen LogP contribution in [0.5, 0.6) is 11.5 Å². The number of carbonyl (C=O) groups excluding carboxylic acids is 2. The first-order chi connectivity index (χ1) is 16.2. The Morgan fingerprint density at radius 3 is 2.29 bits per heavy atom. The average molecular weight is 458 g/mol. The number of ketones is 1. The van der Waals surface area contributed by atoms with Crippen LogP contribution in [0.1, 0.15) is 48.1 Å². The molecule has 2 N–H and O–H groups in total. The van der Waals surface area contributed by atoms with Crippen molar-refractivity contribution in [3.05, 3.63) is 94.6 Å². The first-order valence-electron chi connectivity index (χ1n) is 11.1. The van der Waals surface area contributed by atoms with E-state index in [4.69, 9.17) is 4.74 Å². The molecule has 6 heteroatoms. The molecule has 0 radical (unpaired) electrons. The number of carbonyl (C=O) groups is 2. The van der Waals surface area contributed by atoms with Gasteiger partial charge in [-0.2, -0.15) is 0 Å². The van der Waals surface area contributed by atoms with Gasteiger partial charge in [0.05, 0.1) is 18.7 Å². The number of aliphatic hydroxyl groups excluding tert-OH is 1. The number of Topliss-reactive ketones (excluding diaryl/α,β-unsaturated/α-hetero) is 1. The molecule has 1 aliphatic rings. The van der Waals surface area contributed by atoms with E-state index < -0.39 is 17.7 Å². The van der Waals surface area contributed by atoms with Gasteiger partial charge in [0.1, 0.15) is 17.3 Å². The van der Waals surface area contributed by atoms with Crippen LogP contribution in [0.15, 0.2) is 72.3 Å². The molecule has 174 valence electrons. The second kappa shape index (κ2) is 9.06. The topological polar surface area (TPSA) is 87.1 Å². The molecule has 1 aliphatic heterocycles. The summed E-state index contributed by atoms with van der Waals surface area (Å²) in [6, 6.07) is 17.9. The Hall–Kier alpha value is -4.06. The lowest BCUT2D eigenvalue weighted by molar-refractivity contribution is -0.132. The Morgan fingerprint density at radius 1 is 1.00 bits per heavy atom. The molecule has 1 amide bonds. The standard InChI is InChI=1S/C28H27NO5/c1-16(2)21-15-19(11-14-23(21)34-4)26(31)24-25(18-9-12-20(30)13-10-18)29(28(33)27(24)32)22-8-6-5-7-17(22)3/h5-16,25,30-31H,1-4H3/b26-24-. The van der Waals surface area contributed by atoms with Crippen LogP contribution in [-0.4, -0.2) is 29.0 Å². The van der Waals surface area contributed by atoms with E-state index in [1.54, 1.807) is 49.6 Å². The number of benzene rings is 3. The third-order valence-electron chi connectivity index (χ3n) is 6.15. The number of phenols is 1. The summed E-state index contributed by atoms with van der Waals surface area (Å²) in [6.07, 6.45) is 0. The van der Waals surface area contributed by atoms with Crippen molar-refractivity contribution in [2.45, 2.75) is 32.7 Å². The van der Waals surface area contributed by atoms with Gasteiger partial charge in [0, 0.05) is 11.3 Å². The van der Waals surface area contributed by atoms with E-state index in [1.807, 2.05) is 32.9 Å². The minimum atomic E-state index is -0.855. The molecule has 1 heterocycles. The number of aryl methyl sites for hydroxylation is 1. The maximum absolute atomic E-state index is 13.3. The fourth-order valence-electron chi connectivity index (χ4n) is 4.38. The molecule has 0 aromatic heterocycles. The van der Waals surface area contributed by atoms with Gasteiger partial charge in [-0.05, 0) is 65.9 Å². The minimum absolute atomic E-state index is 0.00110. The third kappa shape index (κ3) is 3.92. The van der Waals surface area contributed by atoms with Gasteiger partial charge in [-0.1, -0.05) is 44.2 Å². The SMILES string of the molecule is COc1ccc(/C(O)=C2/C(=O)C(=O)N(c3ccccc3C)C2c2ccc(O)cc2)cc1C(C)C. The monoisotopic (exact) mass is 457 g/mol. The largest absolute Gasteiger partial charge is 0.508 e. The Labute approximate surface area is 198 Å². The van der Waals surface area contributed by atoms with E-state index in [0.717, 1.165) is 11.1 Å². The molecule has 3 aromatic carbocycles. The minimum Gasteiger partial charge on any atom is -0.508 e. The number of para-hydroxylation sites is 1. The fraction of sp³-hybridized carbons (Fsp3) is 0.214. The van der Waals surface area contributed by atoms with Crippen molar-refractivity contribution in [2.75, 3.05) is 12.0 Å². The van der Waals surface area contributed by atoms with Crippen LogP contribution in [-0.2, 0) is 9.59 Å². The Kier molecular flexibility index (Phi) is 6.16. The molecule has 3 aromatic rings. The number of hydrogen-bond donors (Lipinski definition) is 2. The van der Waals surface area contributed by atoms with Crippen molar-refractivity contribution in [1.29, 1.82) is 0 Å². The molecule has 1 fully saturated rings. The van der Waals surface area contributed by atoms with Crippen LogP contribution in [0, 0.1) is 6.92 Å². The van der Waals surface area contributed by atoms with Crippen LogP contribution in [0.3, 0.4) is 0 Å². The van der Waals surface area contributed by atoms with Gasteiger partial charge in [-0.25, -0.2) is 0 Å². The van der Waals surface area contributed by atoms with Crippen LogP contribution < -0.4 is 9.64 Å². The summed E-state index contributed by atoms with van der Waals surface area (Å²) in [6.45, 7) is 5.88. The molecule has 0 bridgehead atoms. The second-order valence-corrected chi connectivity index (χ2v) is 8.66. The number of hydrogen-bond acceptors (Lipinski definition) is 5. The quantitative estimate of drug-likeness (QED) is 0.302. The van der Waals surface area contributed by atoms with E-state index in [0.29, 0.717) is 22.6 Å². The molecule has 34 heavy (non-hydrogen) atoms. The van der Waals surface area contributed by atoms with Gasteiger partial charge >= 0.3 is 0 Å². The van der Waals surface area contributed by atoms with Crippen molar-refractivity contribution in [3.8, 4) is 11.5 Å². The zero-order chi connectivity index (χ0) is 24.6. The number of aliphatic hydroxyl groups is 1. The van der Waals surface area contributed by atoms with E-state index in [9.17, 15) is 19.8 Å². The number of phenolic OH excluding ortho intramolecular Hbond substituents is 1. The molecule has 0 aliphatic carbocycles. The van der Waals surface area contributed by atoms with E-state index in [2.05, 4.69) is 0 Å². The number of methoxy groups -OCH3 is 1. The predicted molar refractivity (Wildman–Crippen MR) is 131 cm³/mol. The molecule has 1 atom stereocenters. The number of ether oxygens (including phenoxy) is 1. The molecule has 1 unspecified atom stereocenters. The van der Waals surface area contributed by atoms with Crippen molar-refractivity contribution >= 4 is 23.1 Å². The van der Waals surface area contributed by atoms with Gasteiger partial charge in [0.2, 0.25) is 0 Å². The smallest absolute Gasteiger partial charge is 0.300 e. The summed E-state index contributed by atoms with van der Waals surface area (Å²) in [5, 5.41) is 21.2. The number of amides is 1. The lowest BCUT2D eigenvalue weighted by Crippen LogP contribution is -2.30. The molecule has 0 spiro atoms. The van der Waals surface area contributed by atoms with E-state index in [1.165, 1.54) is 17.0 Å². The molecular formula is C28H27NO5. The Morgan fingerprint density at radius 2 is 1.68 bits per heavy atom. The molecule has 0 saturated carbocycles. The summed E-state index contributed by atoms with van der Waals surface area (Å²) in [4.78, 5) is 28.0. The third-order valence-corrected chi connectivity index (χ3v) is 6.15. The van der Waals surface area contributed by atoms with Crippen LogP contribution in [0.25, 0.3) is 5.76 Å². The molecule has 1 saturated heterocycles. The second-order valence-electron chi connectivity index (χ2n) is 8.66. The van der Waals surface area contributed by atoms with Gasteiger partial charge in [0.25, 0.3) is 11.7 Å². The highest BCUT2D eigenvalue weighted by molar-refractivity contribution is 6.51. The summed E-state index contributed by atoms with van der Waals surface area (Å²) < 4.78 is 5.44. The van der Waals surface area contributed by atoms with Gasteiger partial charge < -0.3 is 14.9 Å². The number of rotatable bonds is 5. The summed E-state index contributed by atoms with van der Waals surface area (Å²) in [5.41, 5.74) is 3.30. The fourth-order valence-corrected chi connectivity index (χ4v) is 4.38. The van der Waals surface area contributed by atoms with Crippen molar-refractivity contribution < 1.29 is 24.5 Å². The van der Waals surface area contributed by atoms with Crippen molar-refractivity contribution in [3.63, 3.8) is 0 Å². The van der Waals surface area contributed by atoms with Gasteiger partial charge in [-0.3, -0.25) is 14.5 Å². The van der Waals surface area contributed by atoms with Gasteiger partial charge in [0.15, 0.2) is 0 Å². The highest BCUT2D eigenvalue weighted by Gasteiger charge is 2.47. The number of aromatic hydroxyl groups is 1. The normalized spacial score (nSPS) is 17.4. The predicted octanol–water partition coefficient (Wildman–Crippen LogP) is 5.46. The molecule has 4 rings (SSSR count). The van der Waals surface area contributed by atoms with Crippen molar-refractivity contribution in [1.82, 2.24) is 0 Å². The van der Waals surface area contributed by atoms with E-state index >= 15 is 0 Å². The summed E-state index contributed by atoms with van der Waals surface area (Å²) >= 11 is 0. The van der Waals surface area contributed by atoms with Crippen molar-refractivity contribution in [2.24, 2.45) is 0 Å². The first kappa shape index (κ1) is 23.1. The average Bonchev–Trinajstić information content (AvgIpc) is 3.09. The van der Waals surface area contributed by atoms with Crippen LogP contribution in [0.4, 0.5) is 5.69 Å². The van der Waals surface area contributed by atoms with Gasteiger partial charge in [-0.15, -0.1) is 0 Å². The molecule has 6 nitrogen and oxygen atoms in total. The highest BCUT2D eigenvalue weighted by Crippen LogP contribution is 2.43. The maximum atomic E-state index is 13.3. The molecular weight excluding hydrogens is 430 g/mol. The Balaban J connectivity index is 1.96. The lowest BCUT2D eigenvalue weighted by atomic mass is 9.93. The zero-order valence-corrected chi connectivity index (χ0v) is 19.6. The van der Waals surface area contributed by atoms with Crippen LogP contribution >= 0.6 is 0 Å². The lowest BCUT2D eigenvalue weighted by Gasteiger charge is -2.27. The van der Waals surface area contributed by atoms with E-state index in [-0.39, 0.29) is 23.0 Å². The highest BCUT2D eigenvalue weighted by atomic mass is 16.5. The number of nitrogens with zero attached hydrogens (tertiary/aromatic N) is 1.